The van der Waals surface area contributed by atoms with Gasteiger partial charge in [0.2, 0.25) is 5.89 Å². The van der Waals surface area contributed by atoms with Gasteiger partial charge in [0.1, 0.15) is 28.0 Å². The zero-order valence-corrected chi connectivity index (χ0v) is 30.1. The van der Waals surface area contributed by atoms with Crippen LogP contribution >= 0.6 is 0 Å². The van der Waals surface area contributed by atoms with Crippen molar-refractivity contribution >= 4 is 61.1 Å². The maximum atomic E-state index is 6.21. The monoisotopic (exact) mass is 720 g/mol. The summed E-state index contributed by atoms with van der Waals surface area (Å²) in [6, 6.07) is 67.1. The fourth-order valence-electron chi connectivity index (χ4n) is 7.66. The van der Waals surface area contributed by atoms with Crippen molar-refractivity contribution in [2.45, 2.75) is 0 Å². The number of rotatable bonds is 7. The largest absolute Gasteiger partial charge is 0.456 e. The Balaban J connectivity index is 0.927. The summed E-state index contributed by atoms with van der Waals surface area (Å²) < 4.78 is 18.4. The molecule has 0 aliphatic rings. The molecule has 0 saturated carbocycles. The van der Waals surface area contributed by atoms with Gasteiger partial charge in [-0.25, -0.2) is 4.98 Å². The second kappa shape index (κ2) is 13.0. The van der Waals surface area contributed by atoms with Gasteiger partial charge in [-0.1, -0.05) is 103 Å². The van der Waals surface area contributed by atoms with Crippen molar-refractivity contribution in [3.8, 4) is 45.0 Å². The molecule has 0 bridgehead atoms. The molecule has 0 atom stereocenters. The van der Waals surface area contributed by atoms with Crippen LogP contribution in [0.1, 0.15) is 0 Å². The van der Waals surface area contributed by atoms with Gasteiger partial charge in [-0.2, -0.15) is 0 Å². The number of benzene rings is 8. The number of para-hydroxylation sites is 4. The van der Waals surface area contributed by atoms with Crippen molar-refractivity contribution in [2.24, 2.45) is 0 Å². The van der Waals surface area contributed by atoms with Crippen LogP contribution in [0.25, 0.3) is 89.0 Å². The maximum Gasteiger partial charge on any atom is 0.227 e. The average molecular weight is 721 g/mol. The minimum absolute atomic E-state index is 0.603. The first kappa shape index (κ1) is 31.9. The van der Waals surface area contributed by atoms with E-state index < -0.39 is 0 Å². The van der Waals surface area contributed by atoms with Gasteiger partial charge < -0.3 is 18.2 Å². The van der Waals surface area contributed by atoms with E-state index in [2.05, 4.69) is 138 Å². The van der Waals surface area contributed by atoms with Gasteiger partial charge >= 0.3 is 0 Å². The first-order chi connectivity index (χ1) is 27.7. The fourth-order valence-corrected chi connectivity index (χ4v) is 7.66. The molecule has 3 aromatic heterocycles. The molecule has 11 rings (SSSR count). The van der Waals surface area contributed by atoms with Gasteiger partial charge in [-0.15, -0.1) is 0 Å². The number of hydrogen-bond donors (Lipinski definition) is 0. The highest BCUT2D eigenvalue weighted by Gasteiger charge is 2.16. The lowest BCUT2D eigenvalue weighted by atomic mass is 10.0. The number of furan rings is 2. The van der Waals surface area contributed by atoms with E-state index in [9.17, 15) is 0 Å². The quantitative estimate of drug-likeness (QED) is 0.164. The summed E-state index contributed by atoms with van der Waals surface area (Å²) in [5.41, 5.74) is 13.9. The van der Waals surface area contributed by atoms with Gasteiger partial charge in [0, 0.05) is 44.3 Å². The Labute approximate surface area is 322 Å². The van der Waals surface area contributed by atoms with E-state index in [0.29, 0.717) is 5.89 Å². The average Bonchev–Trinajstić information content (AvgIpc) is 4.00. The molecule has 3 heterocycles. The number of nitrogens with zero attached hydrogens (tertiary/aromatic N) is 2. The van der Waals surface area contributed by atoms with Crippen molar-refractivity contribution in [3.05, 3.63) is 194 Å². The summed E-state index contributed by atoms with van der Waals surface area (Å²) in [5, 5.41) is 3.36. The van der Waals surface area contributed by atoms with Gasteiger partial charge in [-0.3, -0.25) is 0 Å². The second-order valence-corrected chi connectivity index (χ2v) is 14.0. The summed E-state index contributed by atoms with van der Waals surface area (Å²) in [6.45, 7) is 0. The van der Waals surface area contributed by atoms with Gasteiger partial charge in [0.25, 0.3) is 0 Å². The van der Waals surface area contributed by atoms with Crippen molar-refractivity contribution in [2.75, 3.05) is 4.90 Å². The third-order valence-electron chi connectivity index (χ3n) is 10.6. The van der Waals surface area contributed by atoms with Crippen molar-refractivity contribution in [1.82, 2.24) is 4.98 Å². The predicted octanol–water partition coefficient (Wildman–Crippen LogP) is 14.6. The Morgan fingerprint density at radius 2 is 0.857 bits per heavy atom. The molecule has 8 aromatic carbocycles. The summed E-state index contributed by atoms with van der Waals surface area (Å²) in [6.07, 6.45) is 0. The zero-order valence-electron chi connectivity index (χ0n) is 30.1. The normalized spacial score (nSPS) is 11.6. The van der Waals surface area contributed by atoms with Crippen LogP contribution in [0.3, 0.4) is 0 Å². The molecule has 0 spiro atoms. The molecule has 264 valence electrons. The Bertz CT molecular complexity index is 3100. The van der Waals surface area contributed by atoms with Crippen LogP contribution in [-0.4, -0.2) is 4.98 Å². The van der Waals surface area contributed by atoms with E-state index in [1.54, 1.807) is 0 Å². The standard InChI is InChI=1S/C51H32N2O3/c1-4-10-46-39(7-1)32-49(54-46)36-15-13-33(14-16-36)34-17-24-40(25-18-34)53(42-28-21-37(22-29-42)51-52-45-9-3-6-12-48(45)56-51)41-26-19-35(20-27-41)38-23-30-44-43-8-2-5-11-47(43)55-50(44)31-38/h1-32H. The highest BCUT2D eigenvalue weighted by atomic mass is 16.3. The van der Waals surface area contributed by atoms with E-state index in [4.69, 9.17) is 18.2 Å². The van der Waals surface area contributed by atoms with Crippen LogP contribution in [0, 0.1) is 0 Å². The first-order valence-electron chi connectivity index (χ1n) is 18.7. The highest BCUT2D eigenvalue weighted by Crippen LogP contribution is 2.39. The molecular weight excluding hydrogens is 689 g/mol. The van der Waals surface area contributed by atoms with Crippen molar-refractivity contribution in [3.63, 3.8) is 0 Å². The Morgan fingerprint density at radius 1 is 0.339 bits per heavy atom. The maximum absolute atomic E-state index is 6.21. The molecule has 0 aliphatic heterocycles. The second-order valence-electron chi connectivity index (χ2n) is 14.0. The Kier molecular flexibility index (Phi) is 7.42. The summed E-state index contributed by atoms with van der Waals surface area (Å²) in [4.78, 5) is 7.00. The number of hydrogen-bond acceptors (Lipinski definition) is 5. The number of aromatic nitrogens is 1. The fraction of sp³-hybridized carbons (Fsp3) is 0. The summed E-state index contributed by atoms with van der Waals surface area (Å²) in [7, 11) is 0. The predicted molar refractivity (Wildman–Crippen MR) is 227 cm³/mol. The molecular formula is C51H32N2O3. The van der Waals surface area contributed by atoms with Gasteiger partial charge in [0.15, 0.2) is 5.58 Å². The van der Waals surface area contributed by atoms with Crippen molar-refractivity contribution in [1.29, 1.82) is 0 Å². The Morgan fingerprint density at radius 3 is 1.54 bits per heavy atom. The molecule has 0 aliphatic carbocycles. The molecule has 11 aromatic rings. The van der Waals surface area contributed by atoms with Crippen LogP contribution in [0.15, 0.2) is 207 Å². The lowest BCUT2D eigenvalue weighted by Crippen LogP contribution is -2.09. The lowest BCUT2D eigenvalue weighted by Gasteiger charge is -2.26. The lowest BCUT2D eigenvalue weighted by molar-refractivity contribution is 0.620. The van der Waals surface area contributed by atoms with Crippen LogP contribution in [0.5, 0.6) is 0 Å². The van der Waals surface area contributed by atoms with Gasteiger partial charge in [-0.05, 0) is 113 Å². The zero-order chi connectivity index (χ0) is 37.0. The highest BCUT2D eigenvalue weighted by molar-refractivity contribution is 6.06. The number of anilines is 3. The van der Waals surface area contributed by atoms with Gasteiger partial charge in [0.05, 0.1) is 0 Å². The molecule has 5 nitrogen and oxygen atoms in total. The Hall–Kier alpha value is -7.63. The van der Waals surface area contributed by atoms with E-state index in [0.717, 1.165) is 100 Å². The van der Waals surface area contributed by atoms with Crippen LogP contribution in [-0.2, 0) is 0 Å². The van der Waals surface area contributed by atoms with E-state index in [1.165, 1.54) is 0 Å². The van der Waals surface area contributed by atoms with E-state index in [-0.39, 0.29) is 0 Å². The summed E-state index contributed by atoms with van der Waals surface area (Å²) >= 11 is 0. The molecule has 0 radical (unpaired) electrons. The number of fused-ring (bicyclic) bond motifs is 5. The van der Waals surface area contributed by atoms with E-state index >= 15 is 0 Å². The minimum Gasteiger partial charge on any atom is -0.456 e. The molecule has 5 heteroatoms. The number of oxazole rings is 1. The topological polar surface area (TPSA) is 55.6 Å². The molecule has 0 amide bonds. The minimum atomic E-state index is 0.603. The van der Waals surface area contributed by atoms with Crippen LogP contribution in [0.2, 0.25) is 0 Å². The van der Waals surface area contributed by atoms with Crippen LogP contribution in [0.4, 0.5) is 17.1 Å². The smallest absolute Gasteiger partial charge is 0.227 e. The molecule has 0 unspecified atom stereocenters. The molecule has 0 N–H and O–H groups in total. The third kappa shape index (κ3) is 5.62. The summed E-state index contributed by atoms with van der Waals surface area (Å²) in [5.74, 6) is 1.47. The molecule has 0 saturated heterocycles. The first-order valence-corrected chi connectivity index (χ1v) is 18.7. The van der Waals surface area contributed by atoms with Crippen LogP contribution < -0.4 is 4.90 Å². The van der Waals surface area contributed by atoms with Crippen molar-refractivity contribution < 1.29 is 13.3 Å². The third-order valence-corrected chi connectivity index (χ3v) is 10.6. The molecule has 56 heavy (non-hydrogen) atoms. The van der Waals surface area contributed by atoms with E-state index in [1.807, 2.05) is 60.7 Å². The molecule has 0 fully saturated rings. The SMILES string of the molecule is c1ccc2oc(-c3ccc(-c4ccc(N(c5ccc(-c6ccc7c(c6)oc6ccccc67)cc5)c5ccc(-c6nc7ccccc7o6)cc5)cc4)cc3)cc2c1.